The van der Waals surface area contributed by atoms with E-state index in [9.17, 15) is 19.4 Å². The van der Waals surface area contributed by atoms with Crippen molar-refractivity contribution in [2.75, 3.05) is 40.9 Å². The van der Waals surface area contributed by atoms with E-state index in [4.69, 9.17) is 9.05 Å². The summed E-state index contributed by atoms with van der Waals surface area (Å²) in [5.74, 6) is -0.202. The molecule has 0 bridgehead atoms. The summed E-state index contributed by atoms with van der Waals surface area (Å²) in [5.41, 5.74) is 0. The van der Waals surface area contributed by atoms with E-state index in [1.807, 2.05) is 27.2 Å². The topological polar surface area (TPSA) is 108 Å². The largest absolute Gasteiger partial charge is 0.756 e. The smallest absolute Gasteiger partial charge is 0.268 e. The van der Waals surface area contributed by atoms with E-state index in [0.717, 1.165) is 77.0 Å². The number of hydrogen-bond acceptors (Lipinski definition) is 6. The molecule has 0 aromatic carbocycles. The maximum absolute atomic E-state index is 12.9. The first kappa shape index (κ1) is 63.7. The molecule has 382 valence electrons. The van der Waals surface area contributed by atoms with Crippen LogP contribution in [0.4, 0.5) is 0 Å². The van der Waals surface area contributed by atoms with Crippen LogP contribution < -0.4 is 10.2 Å². The second kappa shape index (κ2) is 47.7. The third-order valence-corrected chi connectivity index (χ3v) is 12.6. The third-order valence-electron chi connectivity index (χ3n) is 11.6. The lowest BCUT2D eigenvalue weighted by Crippen LogP contribution is -2.45. The summed E-state index contributed by atoms with van der Waals surface area (Å²) in [6.45, 7) is 4.51. The number of carbonyl (C=O) groups excluding carboxylic acids is 1. The molecule has 0 aromatic rings. The highest BCUT2D eigenvalue weighted by molar-refractivity contribution is 7.45. The van der Waals surface area contributed by atoms with Gasteiger partial charge in [-0.15, -0.1) is 0 Å². The number of phosphoric ester groups is 1. The number of amides is 1. The van der Waals surface area contributed by atoms with Crippen LogP contribution in [0.1, 0.15) is 219 Å². The molecule has 0 aromatic heterocycles. The van der Waals surface area contributed by atoms with E-state index in [1.54, 1.807) is 6.08 Å². The Morgan fingerprint density at radius 2 is 0.924 bits per heavy atom. The number of allylic oxidation sites excluding steroid dienone is 13. The zero-order valence-electron chi connectivity index (χ0n) is 43.4. The molecular formula is C57H103N2O6P. The highest BCUT2D eigenvalue weighted by Gasteiger charge is 2.23. The van der Waals surface area contributed by atoms with E-state index in [0.29, 0.717) is 17.4 Å². The molecule has 0 radical (unpaired) electrons. The lowest BCUT2D eigenvalue weighted by Gasteiger charge is -2.29. The van der Waals surface area contributed by atoms with Crippen LogP contribution in [0.2, 0.25) is 0 Å². The number of nitrogens with one attached hydrogen (secondary N) is 1. The monoisotopic (exact) mass is 943 g/mol. The van der Waals surface area contributed by atoms with Crippen molar-refractivity contribution in [3.63, 3.8) is 0 Å². The highest BCUT2D eigenvalue weighted by Crippen LogP contribution is 2.38. The van der Waals surface area contributed by atoms with Gasteiger partial charge in [0.25, 0.3) is 7.82 Å². The van der Waals surface area contributed by atoms with E-state index in [-0.39, 0.29) is 19.1 Å². The minimum Gasteiger partial charge on any atom is -0.756 e. The summed E-state index contributed by atoms with van der Waals surface area (Å²) in [6, 6.07) is -0.889. The van der Waals surface area contributed by atoms with Gasteiger partial charge in [0, 0.05) is 6.42 Å². The molecule has 9 heteroatoms. The number of unbranched alkanes of at least 4 members (excludes halogenated alkanes) is 23. The average molecular weight is 943 g/mol. The molecule has 0 spiro atoms. The minimum atomic E-state index is -4.59. The van der Waals surface area contributed by atoms with Crippen LogP contribution in [0.3, 0.4) is 0 Å². The number of phosphoric acid groups is 1. The van der Waals surface area contributed by atoms with Gasteiger partial charge in [0.2, 0.25) is 5.91 Å². The molecule has 0 saturated heterocycles. The highest BCUT2D eigenvalue weighted by atomic mass is 31.2. The maximum atomic E-state index is 12.9. The second-order valence-corrected chi connectivity index (χ2v) is 20.6. The summed E-state index contributed by atoms with van der Waals surface area (Å²) in [4.78, 5) is 25.4. The van der Waals surface area contributed by atoms with E-state index in [2.05, 4.69) is 92.1 Å². The van der Waals surface area contributed by atoms with Gasteiger partial charge < -0.3 is 28.8 Å². The molecule has 3 unspecified atom stereocenters. The molecule has 0 aliphatic rings. The normalized spacial score (nSPS) is 14.7. The molecule has 2 N–H and O–H groups in total. The van der Waals surface area contributed by atoms with Crippen LogP contribution in [-0.2, 0) is 18.4 Å². The maximum Gasteiger partial charge on any atom is 0.268 e. The number of quaternary nitrogens is 1. The van der Waals surface area contributed by atoms with Crippen LogP contribution in [-0.4, -0.2) is 68.5 Å². The van der Waals surface area contributed by atoms with Crippen molar-refractivity contribution in [1.29, 1.82) is 0 Å². The second-order valence-electron chi connectivity index (χ2n) is 19.2. The van der Waals surface area contributed by atoms with Crippen LogP contribution in [0, 0.1) is 0 Å². The fourth-order valence-corrected chi connectivity index (χ4v) is 8.11. The number of hydrogen-bond donors (Lipinski definition) is 2. The standard InChI is InChI=1S/C57H103N2O6P/c1-6-8-10-12-14-16-18-19-20-21-22-23-24-25-26-27-28-29-30-31-32-33-34-35-36-37-38-39-41-43-45-47-49-51-57(61)58-55(54-65-66(62,63)64-53-52-59(3,4)5)56(60)50-48-46-44-42-40-17-15-13-11-9-7-2/h8,10,14,16,19-20,22-23,25-26,28-29,48,50,55-56,60H,6-7,9,11-13,15,17-18,21,24,27,30-47,49,51-54H2,1-5H3,(H-,58,61,62,63)/b10-8-,16-14-,20-19-,23-22-,26-25-,29-28-,50-48+. The number of carbonyl (C=O) groups is 1. The molecule has 0 heterocycles. The van der Waals surface area contributed by atoms with Gasteiger partial charge in [-0.25, -0.2) is 0 Å². The molecule has 8 nitrogen and oxygen atoms in total. The Labute approximate surface area is 407 Å². The molecule has 66 heavy (non-hydrogen) atoms. The predicted molar refractivity (Wildman–Crippen MR) is 283 cm³/mol. The number of aliphatic hydroxyl groups excluding tert-OH is 1. The Morgan fingerprint density at radius 1 is 0.545 bits per heavy atom. The molecular weight excluding hydrogens is 840 g/mol. The number of nitrogens with zero attached hydrogens (tertiary/aromatic N) is 1. The van der Waals surface area contributed by atoms with Crippen molar-refractivity contribution in [2.24, 2.45) is 0 Å². The zero-order valence-corrected chi connectivity index (χ0v) is 44.3. The average Bonchev–Trinajstić information content (AvgIpc) is 3.28. The van der Waals surface area contributed by atoms with Gasteiger partial charge in [-0.1, -0.05) is 227 Å². The Morgan fingerprint density at radius 3 is 1.35 bits per heavy atom. The fourth-order valence-electron chi connectivity index (χ4n) is 7.39. The van der Waals surface area contributed by atoms with E-state index >= 15 is 0 Å². The summed E-state index contributed by atoms with van der Waals surface area (Å²) in [6.07, 6.45) is 66.6. The number of rotatable bonds is 48. The minimum absolute atomic E-state index is 0.00373. The predicted octanol–water partition coefficient (Wildman–Crippen LogP) is 15.5. The Kier molecular flexibility index (Phi) is 46.1. The number of likely N-dealkylation sites (N-methyl/N-ethyl adjacent to an activating group) is 1. The van der Waals surface area contributed by atoms with Crippen molar-refractivity contribution < 1.29 is 32.9 Å². The summed E-state index contributed by atoms with van der Waals surface area (Å²) in [7, 11) is 1.25. The van der Waals surface area contributed by atoms with Gasteiger partial charge in [0.1, 0.15) is 13.2 Å². The first-order chi connectivity index (χ1) is 32.0. The van der Waals surface area contributed by atoms with Crippen LogP contribution in [0.15, 0.2) is 85.1 Å². The van der Waals surface area contributed by atoms with E-state index < -0.39 is 20.0 Å². The number of aliphatic hydroxyl groups is 1. The first-order valence-electron chi connectivity index (χ1n) is 26.9. The van der Waals surface area contributed by atoms with Gasteiger partial charge in [0.15, 0.2) is 0 Å². The SMILES string of the molecule is CC/C=C\C/C=C\C/C=C\C/C=C\C/C=C\C/C=C\CCCCCCCCCCCCCCCCC(=O)NC(COP(=O)([O-])OCC[N+](C)(C)C)C(O)/C=C/CCCCCCCCCCC. The first-order valence-corrected chi connectivity index (χ1v) is 28.4. The molecule has 0 fully saturated rings. The molecule has 1 amide bonds. The zero-order chi connectivity index (χ0) is 48.5. The van der Waals surface area contributed by atoms with Gasteiger partial charge in [-0.05, 0) is 70.6 Å². The fraction of sp³-hybridized carbons (Fsp3) is 0.737. The molecule has 0 aliphatic carbocycles. The van der Waals surface area contributed by atoms with Crippen molar-refractivity contribution in [3.8, 4) is 0 Å². The van der Waals surface area contributed by atoms with Crippen LogP contribution >= 0.6 is 7.82 Å². The van der Waals surface area contributed by atoms with Crippen molar-refractivity contribution in [1.82, 2.24) is 5.32 Å². The summed E-state index contributed by atoms with van der Waals surface area (Å²) < 4.78 is 23.2. The Balaban J connectivity index is 4.06. The van der Waals surface area contributed by atoms with E-state index in [1.165, 1.54) is 122 Å². The Hall–Kier alpha value is -2.32. The van der Waals surface area contributed by atoms with Crippen molar-refractivity contribution in [2.45, 2.75) is 231 Å². The lowest BCUT2D eigenvalue weighted by molar-refractivity contribution is -0.870. The van der Waals surface area contributed by atoms with Gasteiger partial charge in [-0.3, -0.25) is 9.36 Å². The Bertz CT molecular complexity index is 1350. The van der Waals surface area contributed by atoms with Gasteiger partial charge in [0.05, 0.1) is 39.9 Å². The summed E-state index contributed by atoms with van der Waals surface area (Å²) in [5, 5.41) is 13.8. The quantitative estimate of drug-likeness (QED) is 0.0272. The molecule has 0 saturated carbocycles. The molecule has 3 atom stereocenters. The van der Waals surface area contributed by atoms with Gasteiger partial charge in [-0.2, -0.15) is 0 Å². The molecule has 0 rings (SSSR count). The third kappa shape index (κ3) is 49.6. The molecule has 0 aliphatic heterocycles. The van der Waals surface area contributed by atoms with Crippen LogP contribution in [0.5, 0.6) is 0 Å². The van der Waals surface area contributed by atoms with Crippen molar-refractivity contribution in [3.05, 3.63) is 85.1 Å². The van der Waals surface area contributed by atoms with Crippen LogP contribution in [0.25, 0.3) is 0 Å². The van der Waals surface area contributed by atoms with Crippen molar-refractivity contribution >= 4 is 13.7 Å². The lowest BCUT2D eigenvalue weighted by atomic mass is 10.0. The summed E-state index contributed by atoms with van der Waals surface area (Å²) >= 11 is 0. The van der Waals surface area contributed by atoms with Gasteiger partial charge >= 0.3 is 0 Å².